The number of aliphatic hydroxyl groups is 1. The van der Waals surface area contributed by atoms with Crippen LogP contribution in [0.5, 0.6) is 11.6 Å². The first-order valence-corrected chi connectivity index (χ1v) is 4.54. The van der Waals surface area contributed by atoms with Crippen molar-refractivity contribution in [3.63, 3.8) is 0 Å². The lowest BCUT2D eigenvalue weighted by Crippen LogP contribution is -1.90. The van der Waals surface area contributed by atoms with Crippen molar-refractivity contribution < 1.29 is 9.84 Å². The third kappa shape index (κ3) is 2.51. The fraction of sp³-hybridized carbons (Fsp3) is 0.0909. The molecule has 0 unspecified atom stereocenters. The minimum Gasteiger partial charge on any atom is -0.438 e. The number of nitrogens with zero attached hydrogens (tertiary/aromatic N) is 2. The summed E-state index contributed by atoms with van der Waals surface area (Å²) in [6.45, 7) is -0.00231. The van der Waals surface area contributed by atoms with Crippen LogP contribution in [0.4, 0.5) is 0 Å². The molecule has 1 heterocycles. The Kier molecular flexibility index (Phi) is 2.90. The molecule has 0 bridgehead atoms. The zero-order valence-electron chi connectivity index (χ0n) is 8.00. The van der Waals surface area contributed by atoms with Gasteiger partial charge in [0.1, 0.15) is 5.75 Å². The van der Waals surface area contributed by atoms with E-state index in [1.165, 1.54) is 0 Å². The van der Waals surface area contributed by atoms with Gasteiger partial charge in [0.25, 0.3) is 0 Å². The molecule has 1 aromatic carbocycles. The molecule has 76 valence electrons. The van der Waals surface area contributed by atoms with Crippen LogP contribution in [0.2, 0.25) is 0 Å². The number of benzene rings is 1. The summed E-state index contributed by atoms with van der Waals surface area (Å²) < 4.78 is 5.44. The van der Waals surface area contributed by atoms with Gasteiger partial charge in [0.15, 0.2) is 0 Å². The predicted molar refractivity (Wildman–Crippen MR) is 54.5 cm³/mol. The molecular formula is C11H10N2O2. The minimum absolute atomic E-state index is 0.00231. The Bertz CT molecular complexity index is 432. The molecule has 15 heavy (non-hydrogen) atoms. The Balaban J connectivity index is 2.17. The summed E-state index contributed by atoms with van der Waals surface area (Å²) in [7, 11) is 0. The van der Waals surface area contributed by atoms with Crippen molar-refractivity contribution in [2.45, 2.75) is 6.61 Å². The molecule has 1 aromatic heterocycles. The second-order valence-electron chi connectivity index (χ2n) is 2.97. The van der Waals surface area contributed by atoms with E-state index in [0.717, 1.165) is 5.56 Å². The van der Waals surface area contributed by atoms with Crippen LogP contribution >= 0.6 is 0 Å². The first kappa shape index (κ1) is 9.61. The lowest BCUT2D eigenvalue weighted by molar-refractivity contribution is 0.281. The molecule has 2 rings (SSSR count). The lowest BCUT2D eigenvalue weighted by atomic mass is 10.2. The number of ether oxygens (including phenoxy) is 1. The Hall–Kier alpha value is -1.94. The molecule has 0 saturated heterocycles. The monoisotopic (exact) mass is 202 g/mol. The highest BCUT2D eigenvalue weighted by Gasteiger charge is 1.98. The van der Waals surface area contributed by atoms with Gasteiger partial charge in [0.2, 0.25) is 5.88 Å². The molecule has 4 nitrogen and oxygen atoms in total. The van der Waals surface area contributed by atoms with Crippen molar-refractivity contribution in [1.29, 1.82) is 0 Å². The topological polar surface area (TPSA) is 55.2 Å². The zero-order valence-corrected chi connectivity index (χ0v) is 8.00. The highest BCUT2D eigenvalue weighted by molar-refractivity contribution is 5.30. The Labute approximate surface area is 87.2 Å². The lowest BCUT2D eigenvalue weighted by Gasteiger charge is -2.04. The summed E-state index contributed by atoms with van der Waals surface area (Å²) in [5.74, 6) is 1.08. The molecule has 0 radical (unpaired) electrons. The maximum Gasteiger partial charge on any atom is 0.238 e. The molecule has 0 saturated carbocycles. The minimum atomic E-state index is -0.00231. The van der Waals surface area contributed by atoms with Crippen LogP contribution in [0.1, 0.15) is 5.56 Å². The Morgan fingerprint density at radius 2 is 2.13 bits per heavy atom. The van der Waals surface area contributed by atoms with E-state index in [2.05, 4.69) is 10.2 Å². The van der Waals surface area contributed by atoms with E-state index in [1.54, 1.807) is 30.5 Å². The van der Waals surface area contributed by atoms with Crippen LogP contribution in [0.25, 0.3) is 0 Å². The molecule has 0 spiro atoms. The number of hydrogen-bond donors (Lipinski definition) is 1. The first-order chi connectivity index (χ1) is 7.38. The molecule has 4 heteroatoms. The summed E-state index contributed by atoms with van der Waals surface area (Å²) in [6, 6.07) is 10.7. The van der Waals surface area contributed by atoms with E-state index >= 15 is 0 Å². The summed E-state index contributed by atoms with van der Waals surface area (Å²) in [4.78, 5) is 0. The largest absolute Gasteiger partial charge is 0.438 e. The molecule has 1 N–H and O–H groups in total. The van der Waals surface area contributed by atoms with E-state index in [4.69, 9.17) is 9.84 Å². The van der Waals surface area contributed by atoms with Crippen molar-refractivity contribution >= 4 is 0 Å². The van der Waals surface area contributed by atoms with Crippen LogP contribution in [-0.2, 0) is 6.61 Å². The molecule has 0 atom stereocenters. The number of rotatable bonds is 3. The summed E-state index contributed by atoms with van der Waals surface area (Å²) >= 11 is 0. The maximum absolute atomic E-state index is 8.94. The summed E-state index contributed by atoms with van der Waals surface area (Å²) in [6.07, 6.45) is 1.58. The number of aliphatic hydroxyl groups excluding tert-OH is 1. The van der Waals surface area contributed by atoms with E-state index in [0.29, 0.717) is 11.6 Å². The quantitative estimate of drug-likeness (QED) is 0.823. The highest BCUT2D eigenvalue weighted by Crippen LogP contribution is 2.19. The molecule has 0 fully saturated rings. The normalized spacial score (nSPS) is 9.93. The van der Waals surface area contributed by atoms with Crippen molar-refractivity contribution in [3.8, 4) is 11.6 Å². The smallest absolute Gasteiger partial charge is 0.238 e. The number of hydrogen-bond acceptors (Lipinski definition) is 4. The molecule has 0 aliphatic rings. The van der Waals surface area contributed by atoms with Crippen LogP contribution in [-0.4, -0.2) is 15.3 Å². The van der Waals surface area contributed by atoms with E-state index in [-0.39, 0.29) is 6.61 Å². The van der Waals surface area contributed by atoms with Gasteiger partial charge in [-0.15, -0.1) is 5.10 Å². The van der Waals surface area contributed by atoms with Crippen molar-refractivity contribution in [2.24, 2.45) is 0 Å². The summed E-state index contributed by atoms with van der Waals surface area (Å²) in [5, 5.41) is 16.4. The van der Waals surface area contributed by atoms with Crippen molar-refractivity contribution in [2.75, 3.05) is 0 Å². The summed E-state index contributed by atoms with van der Waals surface area (Å²) in [5.41, 5.74) is 0.802. The highest BCUT2D eigenvalue weighted by atomic mass is 16.5. The van der Waals surface area contributed by atoms with Crippen molar-refractivity contribution in [1.82, 2.24) is 10.2 Å². The van der Waals surface area contributed by atoms with Crippen LogP contribution in [0, 0.1) is 0 Å². The third-order valence-electron chi connectivity index (χ3n) is 1.85. The van der Waals surface area contributed by atoms with E-state index < -0.39 is 0 Å². The van der Waals surface area contributed by atoms with Gasteiger partial charge in [0, 0.05) is 12.3 Å². The molecule has 0 aliphatic heterocycles. The standard InChI is InChI=1S/C11H10N2O2/c14-8-9-3-1-4-10(7-9)15-11-5-2-6-12-13-11/h1-7,14H,8H2. The van der Waals surface area contributed by atoms with Gasteiger partial charge in [0.05, 0.1) is 6.61 Å². The van der Waals surface area contributed by atoms with Crippen molar-refractivity contribution in [3.05, 3.63) is 48.2 Å². The Morgan fingerprint density at radius 3 is 2.87 bits per heavy atom. The van der Waals surface area contributed by atoms with Gasteiger partial charge in [-0.2, -0.15) is 5.10 Å². The first-order valence-electron chi connectivity index (χ1n) is 4.54. The zero-order chi connectivity index (χ0) is 10.5. The van der Waals surface area contributed by atoms with Crippen LogP contribution in [0.3, 0.4) is 0 Å². The fourth-order valence-corrected chi connectivity index (χ4v) is 1.17. The SMILES string of the molecule is OCc1cccc(Oc2cccnn2)c1. The molecule has 0 amide bonds. The molecular weight excluding hydrogens is 192 g/mol. The Morgan fingerprint density at radius 1 is 1.20 bits per heavy atom. The molecule has 2 aromatic rings. The van der Waals surface area contributed by atoms with Gasteiger partial charge in [-0.25, -0.2) is 0 Å². The van der Waals surface area contributed by atoms with Gasteiger partial charge < -0.3 is 9.84 Å². The number of aromatic nitrogens is 2. The second kappa shape index (κ2) is 4.52. The van der Waals surface area contributed by atoms with Gasteiger partial charge >= 0.3 is 0 Å². The van der Waals surface area contributed by atoms with Gasteiger partial charge in [-0.3, -0.25) is 0 Å². The average Bonchev–Trinajstić information content (AvgIpc) is 2.31. The second-order valence-corrected chi connectivity index (χ2v) is 2.97. The van der Waals surface area contributed by atoms with Gasteiger partial charge in [-0.05, 0) is 23.8 Å². The van der Waals surface area contributed by atoms with E-state index in [9.17, 15) is 0 Å². The predicted octanol–water partition coefficient (Wildman–Crippen LogP) is 1.76. The maximum atomic E-state index is 8.94. The van der Waals surface area contributed by atoms with Crippen LogP contribution in [0.15, 0.2) is 42.6 Å². The van der Waals surface area contributed by atoms with E-state index in [1.807, 2.05) is 12.1 Å². The van der Waals surface area contributed by atoms with Crippen LogP contribution < -0.4 is 4.74 Å². The fourth-order valence-electron chi connectivity index (χ4n) is 1.17. The average molecular weight is 202 g/mol. The molecule has 0 aliphatic carbocycles. The third-order valence-corrected chi connectivity index (χ3v) is 1.85. The van der Waals surface area contributed by atoms with Gasteiger partial charge in [-0.1, -0.05) is 12.1 Å².